The van der Waals surface area contributed by atoms with Gasteiger partial charge in [-0.25, -0.2) is 9.59 Å². The van der Waals surface area contributed by atoms with Crippen LogP contribution in [0.25, 0.3) is 0 Å². The number of hydrogen-bond acceptors (Lipinski definition) is 6. The first-order valence-corrected chi connectivity index (χ1v) is 11.9. The molecule has 2 saturated heterocycles. The van der Waals surface area contributed by atoms with Crippen molar-refractivity contribution in [3.05, 3.63) is 64.7 Å². The molecular formula is C25H27ClN4O5. The maximum Gasteiger partial charge on any atom is 0.340 e. The molecule has 9 nitrogen and oxygen atoms in total. The van der Waals surface area contributed by atoms with Gasteiger partial charge in [0.25, 0.3) is 0 Å². The number of para-hydroxylation sites is 1. The Labute approximate surface area is 208 Å². The van der Waals surface area contributed by atoms with E-state index < -0.39 is 30.0 Å². The molecule has 0 bridgehead atoms. The SMILES string of the molecule is CCOC(=O)c1ccccc1NC(=O)CN1C(=O)N(Cc2ccc(Cl)cc2)C(=O)C2NCCCC21. The Morgan fingerprint density at radius 3 is 2.63 bits per heavy atom. The molecule has 2 N–H and O–H groups in total. The topological polar surface area (TPSA) is 108 Å². The van der Waals surface area contributed by atoms with Gasteiger partial charge in [0, 0.05) is 5.02 Å². The van der Waals surface area contributed by atoms with Crippen LogP contribution in [0.1, 0.15) is 35.7 Å². The van der Waals surface area contributed by atoms with Crippen LogP contribution in [0.15, 0.2) is 48.5 Å². The Morgan fingerprint density at radius 2 is 1.89 bits per heavy atom. The molecule has 0 aromatic heterocycles. The smallest absolute Gasteiger partial charge is 0.340 e. The van der Waals surface area contributed by atoms with Crippen LogP contribution >= 0.6 is 11.6 Å². The molecule has 2 aliphatic rings. The van der Waals surface area contributed by atoms with E-state index in [-0.39, 0.29) is 31.2 Å². The van der Waals surface area contributed by atoms with Gasteiger partial charge in [-0.2, -0.15) is 0 Å². The second-order valence-electron chi connectivity index (χ2n) is 8.42. The summed E-state index contributed by atoms with van der Waals surface area (Å²) in [7, 11) is 0. The van der Waals surface area contributed by atoms with E-state index in [1.54, 1.807) is 55.5 Å². The molecule has 0 aliphatic carbocycles. The lowest BCUT2D eigenvalue weighted by molar-refractivity contribution is -0.138. The summed E-state index contributed by atoms with van der Waals surface area (Å²) in [6, 6.07) is 11.9. The van der Waals surface area contributed by atoms with E-state index in [1.165, 1.54) is 9.80 Å². The quantitative estimate of drug-likeness (QED) is 0.568. The van der Waals surface area contributed by atoms with Crippen molar-refractivity contribution in [3.63, 3.8) is 0 Å². The van der Waals surface area contributed by atoms with Gasteiger partial charge >= 0.3 is 12.0 Å². The molecule has 0 spiro atoms. The lowest BCUT2D eigenvalue weighted by Gasteiger charge is -2.46. The Balaban J connectivity index is 1.54. The van der Waals surface area contributed by atoms with Crippen LogP contribution in [0.5, 0.6) is 0 Å². The number of fused-ring (bicyclic) bond motifs is 1. The van der Waals surface area contributed by atoms with Crippen molar-refractivity contribution in [3.8, 4) is 0 Å². The van der Waals surface area contributed by atoms with Crippen molar-refractivity contribution in [1.29, 1.82) is 0 Å². The number of nitrogens with zero attached hydrogens (tertiary/aromatic N) is 2. The average molecular weight is 499 g/mol. The first-order valence-electron chi connectivity index (χ1n) is 11.5. The number of benzene rings is 2. The van der Waals surface area contributed by atoms with Gasteiger partial charge in [0.2, 0.25) is 11.8 Å². The van der Waals surface area contributed by atoms with Crippen LogP contribution in [-0.4, -0.2) is 65.4 Å². The number of anilines is 1. The minimum absolute atomic E-state index is 0.0730. The van der Waals surface area contributed by atoms with Gasteiger partial charge in [-0.05, 0) is 56.1 Å². The Kier molecular flexibility index (Phi) is 7.67. The van der Waals surface area contributed by atoms with Crippen molar-refractivity contribution in [2.24, 2.45) is 0 Å². The van der Waals surface area contributed by atoms with Gasteiger partial charge in [0.15, 0.2) is 0 Å². The van der Waals surface area contributed by atoms with Crippen molar-refractivity contribution in [2.75, 3.05) is 25.0 Å². The monoisotopic (exact) mass is 498 g/mol. The number of imide groups is 1. The Morgan fingerprint density at radius 1 is 1.14 bits per heavy atom. The standard InChI is InChI=1S/C25H27ClN4O5/c1-2-35-24(33)18-6-3-4-7-19(18)28-21(31)15-29-20-8-5-13-27-22(20)23(32)30(25(29)34)14-16-9-11-17(26)12-10-16/h3-4,6-7,9-12,20,22,27H,2,5,8,13-15H2,1H3,(H,28,31). The lowest BCUT2D eigenvalue weighted by atomic mass is 9.93. The molecule has 10 heteroatoms. The number of nitrogens with one attached hydrogen (secondary N) is 2. The molecule has 2 aromatic carbocycles. The summed E-state index contributed by atoms with van der Waals surface area (Å²) >= 11 is 5.96. The van der Waals surface area contributed by atoms with Crippen LogP contribution < -0.4 is 10.6 Å². The summed E-state index contributed by atoms with van der Waals surface area (Å²) in [6.45, 7) is 2.37. The van der Waals surface area contributed by atoms with Crippen molar-refractivity contribution >= 4 is 41.1 Å². The van der Waals surface area contributed by atoms with Crippen molar-refractivity contribution in [1.82, 2.24) is 15.1 Å². The third-order valence-corrected chi connectivity index (χ3v) is 6.35. The first-order chi connectivity index (χ1) is 16.9. The van der Waals surface area contributed by atoms with Gasteiger partial charge in [-0.3, -0.25) is 14.5 Å². The highest BCUT2D eigenvalue weighted by molar-refractivity contribution is 6.30. The van der Waals surface area contributed by atoms with Crippen LogP contribution in [-0.2, 0) is 20.9 Å². The van der Waals surface area contributed by atoms with Crippen molar-refractivity contribution in [2.45, 2.75) is 38.4 Å². The Hall–Kier alpha value is -3.43. The highest BCUT2D eigenvalue weighted by Gasteiger charge is 2.47. The molecule has 2 aliphatic heterocycles. The molecule has 2 atom stereocenters. The van der Waals surface area contributed by atoms with Crippen molar-refractivity contribution < 1.29 is 23.9 Å². The molecule has 2 aromatic rings. The van der Waals surface area contributed by atoms with Crippen LogP contribution in [0.4, 0.5) is 10.5 Å². The number of ether oxygens (including phenoxy) is 1. The third kappa shape index (κ3) is 5.47. The van der Waals surface area contributed by atoms with E-state index in [1.807, 2.05) is 0 Å². The minimum Gasteiger partial charge on any atom is -0.462 e. The first kappa shape index (κ1) is 24.7. The second kappa shape index (κ2) is 10.9. The number of amides is 4. The molecule has 184 valence electrons. The number of esters is 1. The van der Waals surface area contributed by atoms with E-state index >= 15 is 0 Å². The maximum atomic E-state index is 13.4. The highest BCUT2D eigenvalue weighted by atomic mass is 35.5. The zero-order valence-corrected chi connectivity index (χ0v) is 20.1. The largest absolute Gasteiger partial charge is 0.462 e. The predicted molar refractivity (Wildman–Crippen MR) is 130 cm³/mol. The average Bonchev–Trinajstić information content (AvgIpc) is 2.86. The van der Waals surface area contributed by atoms with Crippen LogP contribution in [0.3, 0.4) is 0 Å². The fourth-order valence-corrected chi connectivity index (χ4v) is 4.57. The fourth-order valence-electron chi connectivity index (χ4n) is 4.44. The van der Waals surface area contributed by atoms with Crippen LogP contribution in [0.2, 0.25) is 5.02 Å². The molecule has 4 amide bonds. The summed E-state index contributed by atoms with van der Waals surface area (Å²) in [4.78, 5) is 54.5. The molecule has 4 rings (SSSR count). The van der Waals surface area contributed by atoms with E-state index in [4.69, 9.17) is 16.3 Å². The molecule has 35 heavy (non-hydrogen) atoms. The molecule has 2 fully saturated rings. The maximum absolute atomic E-state index is 13.4. The summed E-state index contributed by atoms with van der Waals surface area (Å²) in [6.07, 6.45) is 1.39. The minimum atomic E-state index is -0.589. The fraction of sp³-hybridized carbons (Fsp3) is 0.360. The lowest BCUT2D eigenvalue weighted by Crippen LogP contribution is -2.70. The van der Waals surface area contributed by atoms with Gasteiger partial charge < -0.3 is 20.3 Å². The number of urea groups is 1. The van der Waals surface area contributed by atoms with Gasteiger partial charge in [-0.1, -0.05) is 35.9 Å². The summed E-state index contributed by atoms with van der Waals surface area (Å²) < 4.78 is 5.06. The molecule has 2 unspecified atom stereocenters. The highest BCUT2D eigenvalue weighted by Crippen LogP contribution is 2.26. The number of piperidine rings is 1. The predicted octanol–water partition coefficient (Wildman–Crippen LogP) is 3.04. The zero-order valence-electron chi connectivity index (χ0n) is 19.3. The molecular weight excluding hydrogens is 472 g/mol. The van der Waals surface area contributed by atoms with E-state index in [9.17, 15) is 19.2 Å². The van der Waals surface area contributed by atoms with E-state index in [2.05, 4.69) is 10.6 Å². The normalized spacial score (nSPS) is 19.8. The van der Waals surface area contributed by atoms with Gasteiger partial charge in [-0.15, -0.1) is 0 Å². The summed E-state index contributed by atoms with van der Waals surface area (Å²) in [5, 5.41) is 6.49. The van der Waals surface area contributed by atoms with Gasteiger partial charge in [0.05, 0.1) is 30.4 Å². The molecule has 0 radical (unpaired) electrons. The van der Waals surface area contributed by atoms with Gasteiger partial charge in [0.1, 0.15) is 12.6 Å². The Bertz CT molecular complexity index is 1120. The number of carbonyl (C=O) groups excluding carboxylic acids is 4. The molecule has 2 heterocycles. The van der Waals surface area contributed by atoms with Crippen LogP contribution in [0, 0.1) is 0 Å². The molecule has 0 saturated carbocycles. The number of hydrogen-bond donors (Lipinski definition) is 2. The summed E-state index contributed by atoms with van der Waals surface area (Å²) in [5.74, 6) is -1.33. The zero-order chi connectivity index (χ0) is 24.9. The second-order valence-corrected chi connectivity index (χ2v) is 8.85. The number of halogens is 1. The van der Waals surface area contributed by atoms with E-state index in [0.29, 0.717) is 23.7 Å². The summed E-state index contributed by atoms with van der Waals surface area (Å²) in [5.41, 5.74) is 1.27. The number of rotatable bonds is 7. The third-order valence-electron chi connectivity index (χ3n) is 6.10. The number of carbonyl (C=O) groups is 4. The van der Waals surface area contributed by atoms with E-state index in [0.717, 1.165) is 12.0 Å².